The number of allylic oxidation sites excluding steroid dienone is 3. The van der Waals surface area contributed by atoms with Crippen molar-refractivity contribution in [1.29, 1.82) is 0 Å². The van der Waals surface area contributed by atoms with Crippen LogP contribution in [0.1, 0.15) is 13.3 Å². The fourth-order valence-corrected chi connectivity index (χ4v) is 1.03. The molecule has 0 aromatic rings. The number of carboxylic acid groups (broad SMARTS) is 1. The summed E-state index contributed by atoms with van der Waals surface area (Å²) in [6.07, 6.45) is 7.41. The van der Waals surface area contributed by atoms with Gasteiger partial charge in [-0.25, -0.2) is 0 Å². The lowest BCUT2D eigenvalue weighted by atomic mass is 10.00. The third-order valence-electron chi connectivity index (χ3n) is 1.72. The number of aliphatic carboxylic acids is 1. The Morgan fingerprint density at radius 3 is 2.71 bits per heavy atom. The van der Waals surface area contributed by atoms with Crippen molar-refractivity contribution in [2.45, 2.75) is 19.4 Å². The summed E-state index contributed by atoms with van der Waals surface area (Å²) in [6, 6.07) is -0.842. The number of carbonyl (C=O) groups is 1. The topological polar surface area (TPSA) is 75.7 Å². The Morgan fingerprint density at radius 2 is 2.29 bits per heavy atom. The van der Waals surface area contributed by atoms with Gasteiger partial charge < -0.3 is 10.8 Å². The van der Waals surface area contributed by atoms with Crippen LogP contribution in [0.15, 0.2) is 29.4 Å². The molecule has 0 aliphatic heterocycles. The average molecular weight is 196 g/mol. The van der Waals surface area contributed by atoms with Gasteiger partial charge in [0, 0.05) is 6.20 Å². The second-order valence-corrected chi connectivity index (χ2v) is 2.89. The standard InChI is InChI=1S/C10H16N2O2/c1-3-4-8(5-6-12-2)7-9(11)10(13)14/h3-6,8-9H,2,7,11H2,1H3,(H,13,14)/b4-3?,6-5-. The Morgan fingerprint density at radius 1 is 1.64 bits per heavy atom. The highest BCUT2D eigenvalue weighted by atomic mass is 16.4. The Labute approximate surface area is 83.8 Å². The van der Waals surface area contributed by atoms with Crippen LogP contribution in [0.4, 0.5) is 0 Å². The molecular formula is C10H16N2O2. The summed E-state index contributed by atoms with van der Waals surface area (Å²) < 4.78 is 0. The molecule has 4 nitrogen and oxygen atoms in total. The van der Waals surface area contributed by atoms with Gasteiger partial charge in [0.2, 0.25) is 0 Å². The highest BCUT2D eigenvalue weighted by Crippen LogP contribution is 2.09. The highest BCUT2D eigenvalue weighted by molar-refractivity contribution is 5.73. The van der Waals surface area contributed by atoms with Crippen LogP contribution in [0.5, 0.6) is 0 Å². The molecule has 0 saturated carbocycles. The average Bonchev–Trinajstić information content (AvgIpc) is 2.14. The van der Waals surface area contributed by atoms with Gasteiger partial charge in [-0.05, 0) is 26.0 Å². The van der Waals surface area contributed by atoms with Crippen LogP contribution in [0, 0.1) is 5.92 Å². The predicted molar refractivity (Wildman–Crippen MR) is 57.2 cm³/mol. The molecule has 0 aromatic carbocycles. The van der Waals surface area contributed by atoms with Gasteiger partial charge in [-0.1, -0.05) is 18.2 Å². The largest absolute Gasteiger partial charge is 0.480 e. The molecule has 0 aliphatic rings. The maximum atomic E-state index is 10.5. The number of aliphatic imine (C=N–C) groups is 1. The summed E-state index contributed by atoms with van der Waals surface area (Å²) in [4.78, 5) is 14.1. The minimum absolute atomic E-state index is 0.00315. The third kappa shape index (κ3) is 5.27. The first-order valence-corrected chi connectivity index (χ1v) is 4.35. The Balaban J connectivity index is 4.28. The summed E-state index contributed by atoms with van der Waals surface area (Å²) in [5, 5.41) is 8.62. The van der Waals surface area contributed by atoms with Crippen LogP contribution in [0.3, 0.4) is 0 Å². The van der Waals surface area contributed by atoms with Crippen molar-refractivity contribution in [2.75, 3.05) is 0 Å². The van der Waals surface area contributed by atoms with Crippen molar-refractivity contribution in [3.05, 3.63) is 24.4 Å². The Kier molecular flexibility index (Phi) is 6.32. The normalized spacial score (nSPS) is 15.9. The molecule has 78 valence electrons. The minimum Gasteiger partial charge on any atom is -0.480 e. The van der Waals surface area contributed by atoms with Crippen molar-refractivity contribution >= 4 is 12.7 Å². The van der Waals surface area contributed by atoms with Gasteiger partial charge in [0.05, 0.1) is 0 Å². The fourth-order valence-electron chi connectivity index (χ4n) is 1.03. The zero-order valence-electron chi connectivity index (χ0n) is 8.26. The fraction of sp³-hybridized carbons (Fsp3) is 0.400. The van der Waals surface area contributed by atoms with E-state index in [2.05, 4.69) is 11.7 Å². The maximum Gasteiger partial charge on any atom is 0.320 e. The number of hydrogen-bond acceptors (Lipinski definition) is 3. The van der Waals surface area contributed by atoms with E-state index in [0.29, 0.717) is 6.42 Å². The summed E-state index contributed by atoms with van der Waals surface area (Å²) in [5.41, 5.74) is 5.41. The Bertz CT molecular complexity index is 247. The van der Waals surface area contributed by atoms with Crippen molar-refractivity contribution in [2.24, 2.45) is 16.6 Å². The summed E-state index contributed by atoms with van der Waals surface area (Å²) in [6.45, 7) is 5.17. The minimum atomic E-state index is -0.987. The molecule has 4 heteroatoms. The summed E-state index contributed by atoms with van der Waals surface area (Å²) in [7, 11) is 0. The lowest BCUT2D eigenvalue weighted by Crippen LogP contribution is -2.31. The number of hydrogen-bond donors (Lipinski definition) is 2. The van der Waals surface area contributed by atoms with E-state index in [1.165, 1.54) is 0 Å². The molecule has 2 unspecified atom stereocenters. The van der Waals surface area contributed by atoms with E-state index in [1.54, 1.807) is 12.3 Å². The lowest BCUT2D eigenvalue weighted by Gasteiger charge is -2.10. The van der Waals surface area contributed by atoms with Crippen molar-refractivity contribution < 1.29 is 9.90 Å². The smallest absolute Gasteiger partial charge is 0.320 e. The Hall–Kier alpha value is -1.42. The van der Waals surface area contributed by atoms with Gasteiger partial charge in [0.25, 0.3) is 0 Å². The molecule has 0 saturated heterocycles. The molecule has 14 heavy (non-hydrogen) atoms. The van der Waals surface area contributed by atoms with E-state index in [9.17, 15) is 4.79 Å². The van der Waals surface area contributed by atoms with Crippen LogP contribution in [-0.4, -0.2) is 23.8 Å². The van der Waals surface area contributed by atoms with Gasteiger partial charge in [0.1, 0.15) is 6.04 Å². The first kappa shape index (κ1) is 12.6. The number of nitrogens with two attached hydrogens (primary N) is 1. The van der Waals surface area contributed by atoms with Gasteiger partial charge in [-0.15, -0.1) is 0 Å². The quantitative estimate of drug-likeness (QED) is 0.495. The van der Waals surface area contributed by atoms with E-state index >= 15 is 0 Å². The number of nitrogens with zero attached hydrogens (tertiary/aromatic N) is 1. The molecule has 0 aromatic heterocycles. The summed E-state index contributed by atoms with van der Waals surface area (Å²) >= 11 is 0. The zero-order valence-corrected chi connectivity index (χ0v) is 8.26. The first-order valence-electron chi connectivity index (χ1n) is 4.35. The zero-order chi connectivity index (χ0) is 11.0. The van der Waals surface area contributed by atoms with E-state index in [0.717, 1.165) is 0 Å². The van der Waals surface area contributed by atoms with Crippen molar-refractivity contribution in [1.82, 2.24) is 0 Å². The van der Waals surface area contributed by atoms with E-state index in [-0.39, 0.29) is 5.92 Å². The molecule has 0 amide bonds. The van der Waals surface area contributed by atoms with E-state index < -0.39 is 12.0 Å². The molecule has 0 fully saturated rings. The third-order valence-corrected chi connectivity index (χ3v) is 1.72. The van der Waals surface area contributed by atoms with Crippen LogP contribution < -0.4 is 5.73 Å². The van der Waals surface area contributed by atoms with Crippen LogP contribution >= 0.6 is 0 Å². The number of carboxylic acids is 1. The molecule has 2 atom stereocenters. The molecule has 0 bridgehead atoms. The second kappa shape index (κ2) is 7.03. The van der Waals surface area contributed by atoms with Gasteiger partial charge in [-0.2, -0.15) is 0 Å². The van der Waals surface area contributed by atoms with Crippen LogP contribution in [0.2, 0.25) is 0 Å². The molecule has 3 N–H and O–H groups in total. The van der Waals surface area contributed by atoms with Crippen molar-refractivity contribution in [3.8, 4) is 0 Å². The lowest BCUT2D eigenvalue weighted by molar-refractivity contribution is -0.138. The molecule has 0 aliphatic carbocycles. The maximum absolute atomic E-state index is 10.5. The first-order chi connectivity index (χ1) is 6.61. The molecule has 0 spiro atoms. The van der Waals surface area contributed by atoms with E-state index in [1.807, 2.05) is 19.1 Å². The van der Waals surface area contributed by atoms with Gasteiger partial charge in [-0.3, -0.25) is 9.79 Å². The monoisotopic (exact) mass is 196 g/mol. The predicted octanol–water partition coefficient (Wildman–Crippen LogP) is 1.20. The van der Waals surface area contributed by atoms with Gasteiger partial charge in [0.15, 0.2) is 0 Å². The van der Waals surface area contributed by atoms with Gasteiger partial charge >= 0.3 is 5.97 Å². The molecule has 0 rings (SSSR count). The van der Waals surface area contributed by atoms with Crippen molar-refractivity contribution in [3.63, 3.8) is 0 Å². The molecule has 0 radical (unpaired) electrons. The second-order valence-electron chi connectivity index (χ2n) is 2.89. The van der Waals surface area contributed by atoms with E-state index in [4.69, 9.17) is 10.8 Å². The number of rotatable bonds is 6. The summed E-state index contributed by atoms with van der Waals surface area (Å²) in [5.74, 6) is -0.990. The van der Waals surface area contributed by atoms with Crippen LogP contribution in [-0.2, 0) is 4.79 Å². The molecule has 0 heterocycles. The van der Waals surface area contributed by atoms with Crippen LogP contribution in [0.25, 0.3) is 0 Å². The molecular weight excluding hydrogens is 180 g/mol. The SMILES string of the molecule is C=N/C=C\C(C=CC)CC(N)C(=O)O. The highest BCUT2D eigenvalue weighted by Gasteiger charge is 2.14.